The summed E-state index contributed by atoms with van der Waals surface area (Å²) in [5.41, 5.74) is 0.310. The lowest BCUT2D eigenvalue weighted by Gasteiger charge is -2.30. The van der Waals surface area contributed by atoms with Crippen molar-refractivity contribution in [1.82, 2.24) is 5.32 Å². The molecule has 1 fully saturated rings. The summed E-state index contributed by atoms with van der Waals surface area (Å²) in [6, 6.07) is 4.37. The Kier molecular flexibility index (Phi) is 5.55. The third-order valence-corrected chi connectivity index (χ3v) is 4.71. The predicted molar refractivity (Wildman–Crippen MR) is 81.6 cm³/mol. The number of phenols is 1. The highest BCUT2D eigenvalue weighted by atomic mass is 35.5. The average molecular weight is 316 g/mol. The van der Waals surface area contributed by atoms with Gasteiger partial charge in [-0.15, -0.1) is 11.6 Å². The highest BCUT2D eigenvalue weighted by Crippen LogP contribution is 2.30. The van der Waals surface area contributed by atoms with Crippen molar-refractivity contribution in [2.45, 2.75) is 25.7 Å². The Hall–Kier alpha value is -0.930. The van der Waals surface area contributed by atoms with E-state index in [0.717, 1.165) is 12.8 Å². The second-order valence-corrected chi connectivity index (χ2v) is 6.05. The Morgan fingerprint density at radius 2 is 2.00 bits per heavy atom. The highest BCUT2D eigenvalue weighted by molar-refractivity contribution is 6.33. The van der Waals surface area contributed by atoms with Gasteiger partial charge in [0.25, 0.3) is 5.91 Å². The first-order valence-electron chi connectivity index (χ1n) is 6.94. The first-order valence-corrected chi connectivity index (χ1v) is 7.85. The van der Waals surface area contributed by atoms with Crippen LogP contribution in [0.5, 0.6) is 5.75 Å². The van der Waals surface area contributed by atoms with E-state index in [1.807, 2.05) is 0 Å². The van der Waals surface area contributed by atoms with Gasteiger partial charge in [0.15, 0.2) is 0 Å². The van der Waals surface area contributed by atoms with Gasteiger partial charge in [0.1, 0.15) is 5.75 Å². The summed E-state index contributed by atoms with van der Waals surface area (Å²) in [7, 11) is 0. The molecule has 0 radical (unpaired) electrons. The van der Waals surface area contributed by atoms with Gasteiger partial charge in [-0.25, -0.2) is 0 Å². The van der Waals surface area contributed by atoms with Crippen molar-refractivity contribution in [3.05, 3.63) is 28.8 Å². The van der Waals surface area contributed by atoms with E-state index in [-0.39, 0.29) is 11.7 Å². The summed E-state index contributed by atoms with van der Waals surface area (Å²) in [6.07, 6.45) is 4.66. The van der Waals surface area contributed by atoms with Crippen molar-refractivity contribution in [3.63, 3.8) is 0 Å². The Morgan fingerprint density at radius 1 is 1.30 bits per heavy atom. The van der Waals surface area contributed by atoms with Crippen molar-refractivity contribution in [2.75, 3.05) is 12.4 Å². The lowest BCUT2D eigenvalue weighted by atomic mass is 9.80. The van der Waals surface area contributed by atoms with Crippen LogP contribution in [0.15, 0.2) is 18.2 Å². The molecule has 0 heterocycles. The number of rotatable bonds is 4. The molecule has 0 saturated heterocycles. The van der Waals surface area contributed by atoms with E-state index in [2.05, 4.69) is 5.32 Å². The van der Waals surface area contributed by atoms with Gasteiger partial charge in [-0.2, -0.15) is 0 Å². The van der Waals surface area contributed by atoms with E-state index < -0.39 is 0 Å². The van der Waals surface area contributed by atoms with Gasteiger partial charge in [0, 0.05) is 12.4 Å². The molecule has 1 aliphatic carbocycles. The minimum atomic E-state index is -0.246. The van der Waals surface area contributed by atoms with Gasteiger partial charge >= 0.3 is 0 Å². The second kappa shape index (κ2) is 7.19. The molecule has 2 rings (SSSR count). The fraction of sp³-hybridized carbons (Fsp3) is 0.533. The van der Waals surface area contributed by atoms with Crippen LogP contribution in [0.3, 0.4) is 0 Å². The molecule has 3 nitrogen and oxygen atoms in total. The quantitative estimate of drug-likeness (QED) is 0.830. The summed E-state index contributed by atoms with van der Waals surface area (Å²) >= 11 is 12.0. The molecule has 1 amide bonds. The van der Waals surface area contributed by atoms with Crippen LogP contribution < -0.4 is 5.32 Å². The monoisotopic (exact) mass is 315 g/mol. The van der Waals surface area contributed by atoms with Crippen molar-refractivity contribution in [3.8, 4) is 5.75 Å². The number of halogens is 2. The molecule has 2 N–H and O–H groups in total. The Balaban J connectivity index is 1.96. The Labute approximate surface area is 129 Å². The molecular weight excluding hydrogens is 297 g/mol. The standard InChI is InChI=1S/C15H19Cl2NO2/c16-8-10-3-1-2-4-11(10)9-18-15(20)13-7-12(19)5-6-14(13)17/h5-7,10-11,19H,1-4,8-9H2,(H,18,20). The summed E-state index contributed by atoms with van der Waals surface area (Å²) < 4.78 is 0. The van der Waals surface area contributed by atoms with Crippen LogP contribution >= 0.6 is 23.2 Å². The minimum Gasteiger partial charge on any atom is -0.508 e. The van der Waals surface area contributed by atoms with Crippen LogP contribution in [0.25, 0.3) is 0 Å². The molecule has 1 aromatic rings. The topological polar surface area (TPSA) is 49.3 Å². The van der Waals surface area contributed by atoms with Crippen LogP contribution in [0.4, 0.5) is 0 Å². The van der Waals surface area contributed by atoms with Crippen molar-refractivity contribution in [1.29, 1.82) is 0 Å². The number of nitrogens with one attached hydrogen (secondary N) is 1. The number of carbonyl (C=O) groups is 1. The summed E-state index contributed by atoms with van der Waals surface area (Å²) in [5, 5.41) is 12.7. The van der Waals surface area contributed by atoms with Crippen molar-refractivity contribution in [2.24, 2.45) is 11.8 Å². The van der Waals surface area contributed by atoms with Crippen LogP contribution in [-0.2, 0) is 0 Å². The summed E-state index contributed by atoms with van der Waals surface area (Å²) in [5.74, 6) is 1.35. The van der Waals surface area contributed by atoms with Gasteiger partial charge in [-0.1, -0.05) is 24.4 Å². The normalized spacial score (nSPS) is 22.5. The summed E-state index contributed by atoms with van der Waals surface area (Å²) in [6.45, 7) is 0.613. The van der Waals surface area contributed by atoms with E-state index >= 15 is 0 Å². The molecule has 5 heteroatoms. The number of benzene rings is 1. The van der Waals surface area contributed by atoms with Crippen molar-refractivity contribution < 1.29 is 9.90 Å². The number of alkyl halides is 1. The third-order valence-electron chi connectivity index (χ3n) is 3.98. The Bertz CT molecular complexity index is 479. The average Bonchev–Trinajstić information content (AvgIpc) is 2.47. The summed E-state index contributed by atoms with van der Waals surface area (Å²) in [4.78, 5) is 12.1. The molecule has 2 unspecified atom stereocenters. The fourth-order valence-electron chi connectivity index (χ4n) is 2.76. The highest BCUT2D eigenvalue weighted by Gasteiger charge is 2.25. The molecule has 0 spiro atoms. The number of phenolic OH excluding ortho intramolecular Hbond substituents is 1. The second-order valence-electron chi connectivity index (χ2n) is 5.33. The largest absolute Gasteiger partial charge is 0.508 e. The van der Waals surface area contributed by atoms with E-state index in [9.17, 15) is 9.90 Å². The van der Waals surface area contributed by atoms with E-state index in [0.29, 0.717) is 34.8 Å². The molecule has 2 atom stereocenters. The van der Waals surface area contributed by atoms with Gasteiger partial charge in [0.05, 0.1) is 10.6 Å². The zero-order valence-corrected chi connectivity index (χ0v) is 12.8. The van der Waals surface area contributed by atoms with Gasteiger partial charge in [0.2, 0.25) is 0 Å². The fourth-order valence-corrected chi connectivity index (χ4v) is 3.37. The lowest BCUT2D eigenvalue weighted by Crippen LogP contribution is -2.35. The zero-order chi connectivity index (χ0) is 14.5. The van der Waals surface area contributed by atoms with Crippen LogP contribution in [0.2, 0.25) is 5.02 Å². The molecule has 110 valence electrons. The molecule has 1 aliphatic rings. The number of hydrogen-bond donors (Lipinski definition) is 2. The first-order chi connectivity index (χ1) is 9.61. The third kappa shape index (κ3) is 3.80. The number of amides is 1. The number of carbonyl (C=O) groups excluding carboxylic acids is 1. The van der Waals surface area contributed by atoms with Crippen LogP contribution in [-0.4, -0.2) is 23.4 Å². The Morgan fingerprint density at radius 3 is 2.70 bits per heavy atom. The van der Waals surface area contributed by atoms with Crippen LogP contribution in [0.1, 0.15) is 36.0 Å². The van der Waals surface area contributed by atoms with E-state index in [4.69, 9.17) is 23.2 Å². The molecular formula is C15H19Cl2NO2. The smallest absolute Gasteiger partial charge is 0.252 e. The molecule has 0 aliphatic heterocycles. The predicted octanol–water partition coefficient (Wildman–Crippen LogP) is 3.82. The maximum Gasteiger partial charge on any atom is 0.252 e. The molecule has 0 bridgehead atoms. The van der Waals surface area contributed by atoms with E-state index in [1.54, 1.807) is 0 Å². The molecule has 20 heavy (non-hydrogen) atoms. The number of hydrogen-bond acceptors (Lipinski definition) is 2. The molecule has 1 aromatic carbocycles. The number of aromatic hydroxyl groups is 1. The molecule has 1 saturated carbocycles. The molecule has 0 aromatic heterocycles. The van der Waals surface area contributed by atoms with Gasteiger partial charge < -0.3 is 10.4 Å². The van der Waals surface area contributed by atoms with Crippen LogP contribution in [0, 0.1) is 11.8 Å². The zero-order valence-electron chi connectivity index (χ0n) is 11.2. The SMILES string of the molecule is O=C(NCC1CCCCC1CCl)c1cc(O)ccc1Cl. The van der Waals surface area contributed by atoms with E-state index in [1.165, 1.54) is 31.0 Å². The van der Waals surface area contributed by atoms with Gasteiger partial charge in [-0.05, 0) is 42.9 Å². The first kappa shape index (κ1) is 15.5. The van der Waals surface area contributed by atoms with Crippen molar-refractivity contribution >= 4 is 29.1 Å². The minimum absolute atomic E-state index is 0.0378. The maximum atomic E-state index is 12.1. The maximum absolute atomic E-state index is 12.1. The lowest BCUT2D eigenvalue weighted by molar-refractivity contribution is 0.0936. The van der Waals surface area contributed by atoms with Gasteiger partial charge in [-0.3, -0.25) is 4.79 Å².